The highest BCUT2D eigenvalue weighted by atomic mass is 31.2. The first-order chi connectivity index (χ1) is 18.9. The summed E-state index contributed by atoms with van der Waals surface area (Å²) in [5.41, 5.74) is 7.89. The maximum absolute atomic E-state index is 11.7. The molecule has 40 heavy (non-hydrogen) atoms. The molecule has 19 nitrogen and oxygen atoms in total. The predicted octanol–water partition coefficient (Wildman–Crippen LogP) is -4.23. The fraction of sp³-hybridized carbons (Fsp3) is 0.550. The van der Waals surface area contributed by atoms with E-state index in [1.165, 1.54) is 24.5 Å². The van der Waals surface area contributed by atoms with E-state index in [-0.39, 0.29) is 24.8 Å². The van der Waals surface area contributed by atoms with E-state index in [2.05, 4.69) is 14.7 Å². The van der Waals surface area contributed by atoms with E-state index >= 15 is 0 Å². The Balaban J connectivity index is 0.000000225. The molecule has 4 rings (SSSR count). The molecular formula is C20H29N6O13P. The van der Waals surface area contributed by atoms with Gasteiger partial charge in [-0.05, 0) is 12.1 Å². The summed E-state index contributed by atoms with van der Waals surface area (Å²) in [6.07, 6.45) is -4.36. The van der Waals surface area contributed by atoms with Crippen molar-refractivity contribution < 1.29 is 54.3 Å². The normalized spacial score (nSPS) is 29.7. The van der Waals surface area contributed by atoms with Crippen molar-refractivity contribution in [1.82, 2.24) is 19.1 Å². The molecule has 8 atom stereocenters. The maximum Gasteiger partial charge on any atom is 0.385 e. The van der Waals surface area contributed by atoms with Crippen LogP contribution in [0.1, 0.15) is 12.5 Å². The van der Waals surface area contributed by atoms with E-state index in [1.54, 1.807) is 0 Å². The van der Waals surface area contributed by atoms with Gasteiger partial charge in [-0.2, -0.15) is 9.97 Å². The Bertz CT molecular complexity index is 1280. The number of ether oxygens (including phenoxy) is 3. The summed E-state index contributed by atoms with van der Waals surface area (Å²) in [6, 6.07) is 2.70. The Morgan fingerprint density at radius 3 is 1.75 bits per heavy atom. The molecule has 11 N–H and O–H groups in total. The Morgan fingerprint density at radius 2 is 1.35 bits per heavy atom. The van der Waals surface area contributed by atoms with Gasteiger partial charge < -0.3 is 61.0 Å². The lowest BCUT2D eigenvalue weighted by atomic mass is 9.99. The van der Waals surface area contributed by atoms with Crippen LogP contribution in [-0.4, -0.2) is 105 Å². The summed E-state index contributed by atoms with van der Waals surface area (Å²) in [6.45, 7) is -1.32. The van der Waals surface area contributed by atoms with Crippen LogP contribution in [0.25, 0.3) is 0 Å². The molecule has 2 aliphatic rings. The van der Waals surface area contributed by atoms with Gasteiger partial charge >= 0.3 is 17.1 Å². The molecule has 2 aromatic heterocycles. The maximum atomic E-state index is 11.7. The summed E-state index contributed by atoms with van der Waals surface area (Å²) in [7, 11) is -3.00. The highest BCUT2D eigenvalue weighted by Gasteiger charge is 2.47. The summed E-state index contributed by atoms with van der Waals surface area (Å²) in [4.78, 5) is 59.0. The third kappa shape index (κ3) is 6.78. The van der Waals surface area contributed by atoms with Crippen molar-refractivity contribution in [3.8, 4) is 0 Å². The van der Waals surface area contributed by atoms with Gasteiger partial charge in [0.25, 0.3) is 8.38 Å². The molecule has 2 aliphatic heterocycles. The number of nitrogen functional groups attached to an aromatic ring is 2. The minimum Gasteiger partial charge on any atom is -0.429 e. The summed E-state index contributed by atoms with van der Waals surface area (Å²) in [5, 5.41) is 47.6. The molecule has 0 unspecified atom stereocenters. The van der Waals surface area contributed by atoms with Crippen molar-refractivity contribution >= 4 is 25.7 Å². The number of hydrogen-bond acceptors (Lipinski definition) is 17. The van der Waals surface area contributed by atoms with Crippen LogP contribution < -0.4 is 22.8 Å². The summed E-state index contributed by atoms with van der Waals surface area (Å²) < 4.78 is 17.2. The Hall–Kier alpha value is -3.10. The van der Waals surface area contributed by atoms with Crippen LogP contribution in [0.3, 0.4) is 0 Å². The molecule has 0 saturated carbocycles. The van der Waals surface area contributed by atoms with Crippen LogP contribution in [0.5, 0.6) is 0 Å². The number of aliphatic hydroxyl groups is 5. The zero-order valence-electron chi connectivity index (χ0n) is 20.5. The Morgan fingerprint density at radius 1 is 0.875 bits per heavy atom. The van der Waals surface area contributed by atoms with E-state index in [0.29, 0.717) is 0 Å². The first kappa shape index (κ1) is 31.4. The van der Waals surface area contributed by atoms with E-state index < -0.39 is 81.0 Å². The van der Waals surface area contributed by atoms with Crippen molar-refractivity contribution in [3.05, 3.63) is 45.5 Å². The van der Waals surface area contributed by atoms with E-state index in [4.69, 9.17) is 40.9 Å². The molecule has 0 aromatic carbocycles. The van der Waals surface area contributed by atoms with Gasteiger partial charge in [-0.1, -0.05) is 0 Å². The van der Waals surface area contributed by atoms with E-state index in [1.807, 2.05) is 0 Å². The zero-order valence-corrected chi connectivity index (χ0v) is 21.4. The van der Waals surface area contributed by atoms with Crippen LogP contribution in [0.4, 0.5) is 16.4 Å². The number of nitrogens with two attached hydrogens (primary N) is 2. The molecule has 20 heteroatoms. The van der Waals surface area contributed by atoms with Gasteiger partial charge in [-0.15, -0.1) is 0 Å². The third-order valence-corrected chi connectivity index (χ3v) is 6.54. The highest BCUT2D eigenvalue weighted by Crippen LogP contribution is 2.37. The Labute approximate surface area is 225 Å². The third-order valence-electron chi connectivity index (χ3n) is 6.11. The van der Waals surface area contributed by atoms with E-state index in [9.17, 15) is 29.7 Å². The molecule has 0 amide bonds. The fourth-order valence-electron chi connectivity index (χ4n) is 4.04. The van der Waals surface area contributed by atoms with Crippen LogP contribution >= 0.6 is 8.38 Å². The van der Waals surface area contributed by atoms with Crippen molar-refractivity contribution in [3.63, 3.8) is 0 Å². The molecule has 2 aromatic rings. The van der Waals surface area contributed by atoms with Gasteiger partial charge in [0.2, 0.25) is 6.29 Å². The van der Waals surface area contributed by atoms with Gasteiger partial charge in [0.1, 0.15) is 23.8 Å². The average molecular weight is 592 g/mol. The van der Waals surface area contributed by atoms with Crippen LogP contribution in [0.2, 0.25) is 0 Å². The Kier molecular flexibility index (Phi) is 10.6. The summed E-state index contributed by atoms with van der Waals surface area (Å²) >= 11 is 0. The number of carbonyl (C=O) groups is 1. The SMILES string of the molecule is Nc1ccn([C@@H]2O[C@H](CO)[C@@H](CO)[C@H]2O)c(=O)n1.Nc1ccn([C@@H]2O[C@H](OC(=O)P(O)O)[C@@H](CO)[C@H]2O)c(=O)n1. The van der Waals surface area contributed by atoms with Crippen LogP contribution in [0, 0.1) is 11.8 Å². The minimum atomic E-state index is -3.00. The number of rotatable bonds is 7. The number of nitrogens with zero attached hydrogens (tertiary/aromatic N) is 4. The molecule has 0 aliphatic carbocycles. The molecule has 0 bridgehead atoms. The monoisotopic (exact) mass is 592 g/mol. The van der Waals surface area contributed by atoms with Crippen molar-refractivity contribution in [2.75, 3.05) is 31.3 Å². The number of aromatic nitrogens is 4. The molecule has 222 valence electrons. The van der Waals surface area contributed by atoms with Gasteiger partial charge in [0.15, 0.2) is 12.5 Å². The number of anilines is 2. The van der Waals surface area contributed by atoms with E-state index in [0.717, 1.165) is 9.13 Å². The standard InChI is InChI=1S/C10H14N3O8P.C10H15N3O5/c11-5-1-2-13(9(16)12-5)7-6(15)4(3-14)8(20-7)21-10(17)22(18)19;11-7-1-2-13(10(17)12-7)9-8(16)5(3-14)6(4-15)18-9/h1-2,4,6-8,14-15,18-19H,3H2,(H2,11,12,16);1-2,5-6,8-9,14-16H,3-4H2,(H2,11,12,17)/t4-,6+,7+,8+;5-,6-,8-,9-/m01/s1. The molecular weight excluding hydrogens is 563 g/mol. The second-order valence-electron chi connectivity index (χ2n) is 8.57. The van der Waals surface area contributed by atoms with Crippen molar-refractivity contribution in [2.24, 2.45) is 11.8 Å². The molecule has 4 heterocycles. The first-order valence-electron chi connectivity index (χ1n) is 11.5. The second-order valence-corrected chi connectivity index (χ2v) is 9.52. The molecule has 2 saturated heterocycles. The predicted molar refractivity (Wildman–Crippen MR) is 132 cm³/mol. The quantitative estimate of drug-likeness (QED) is 0.137. The number of hydrogen-bond donors (Lipinski definition) is 9. The number of carbonyl (C=O) groups excluding carboxylic acids is 1. The smallest absolute Gasteiger partial charge is 0.385 e. The largest absolute Gasteiger partial charge is 0.429 e. The van der Waals surface area contributed by atoms with Crippen molar-refractivity contribution in [2.45, 2.75) is 37.1 Å². The number of aliphatic hydroxyl groups excluding tert-OH is 5. The first-order valence-corrected chi connectivity index (χ1v) is 12.8. The lowest BCUT2D eigenvalue weighted by molar-refractivity contribution is -0.132. The fourth-order valence-corrected chi connectivity index (χ4v) is 4.24. The van der Waals surface area contributed by atoms with Gasteiger partial charge in [-0.3, -0.25) is 9.13 Å². The molecule has 2 fully saturated rings. The second kappa shape index (κ2) is 13.5. The lowest BCUT2D eigenvalue weighted by Crippen LogP contribution is -2.34. The highest BCUT2D eigenvalue weighted by molar-refractivity contribution is 7.63. The molecule has 0 spiro atoms. The lowest BCUT2D eigenvalue weighted by Gasteiger charge is -2.17. The zero-order chi connectivity index (χ0) is 29.7. The van der Waals surface area contributed by atoms with Gasteiger partial charge in [0, 0.05) is 18.3 Å². The van der Waals surface area contributed by atoms with Gasteiger partial charge in [-0.25, -0.2) is 14.4 Å². The topological polar surface area (TPSA) is 308 Å². The van der Waals surface area contributed by atoms with Crippen LogP contribution in [0.15, 0.2) is 34.1 Å². The van der Waals surface area contributed by atoms with Crippen LogP contribution in [-0.2, 0) is 14.2 Å². The van der Waals surface area contributed by atoms with Gasteiger partial charge in [0.05, 0.1) is 31.8 Å². The average Bonchev–Trinajstić information content (AvgIpc) is 3.39. The molecule has 0 radical (unpaired) electrons. The van der Waals surface area contributed by atoms with Crippen molar-refractivity contribution in [1.29, 1.82) is 0 Å². The summed E-state index contributed by atoms with van der Waals surface area (Å²) in [5.74, 6) is -1.68. The minimum absolute atomic E-state index is 0.0263.